The zero-order chi connectivity index (χ0) is 27.4. The lowest BCUT2D eigenvalue weighted by atomic mass is 10.00. The number of amides is 1. The number of hydrogen-bond acceptors (Lipinski definition) is 6. The Morgan fingerprint density at radius 1 is 1.00 bits per heavy atom. The summed E-state index contributed by atoms with van der Waals surface area (Å²) in [5, 5.41) is 11.5. The number of nitrogens with zero attached hydrogens (tertiary/aromatic N) is 3. The van der Waals surface area contributed by atoms with Crippen molar-refractivity contribution < 1.29 is 23.8 Å². The molecule has 0 bridgehead atoms. The summed E-state index contributed by atoms with van der Waals surface area (Å²) < 4.78 is 20.2. The van der Waals surface area contributed by atoms with Crippen LogP contribution in [0, 0.1) is 5.82 Å². The Morgan fingerprint density at radius 2 is 1.74 bits per heavy atom. The lowest BCUT2D eigenvalue weighted by Gasteiger charge is -2.20. The number of aromatic amines is 1. The number of aromatic nitrogens is 1. The third-order valence-electron chi connectivity index (χ3n) is 5.93. The number of likely N-dealkylation sites (N-methyl/N-ethyl adjacent to an activating group) is 2. The summed E-state index contributed by atoms with van der Waals surface area (Å²) in [6.45, 7) is 2.12. The van der Waals surface area contributed by atoms with Gasteiger partial charge in [0, 0.05) is 29.6 Å². The first-order chi connectivity index (χ1) is 18.2. The van der Waals surface area contributed by atoms with Gasteiger partial charge in [-0.15, -0.1) is 0 Å². The number of carbonyl (C=O) groups excluding carboxylic acids is 2. The number of fused-ring (bicyclic) bond motifs is 1. The van der Waals surface area contributed by atoms with E-state index in [1.165, 1.54) is 24.1 Å². The van der Waals surface area contributed by atoms with Gasteiger partial charge in [-0.25, -0.2) is 14.2 Å². The van der Waals surface area contributed by atoms with E-state index >= 15 is 4.39 Å². The Labute approximate surface area is 220 Å². The minimum Gasteiger partial charge on any atom is -0.494 e. The van der Waals surface area contributed by atoms with Crippen LogP contribution in [-0.2, 0) is 9.53 Å². The van der Waals surface area contributed by atoms with Gasteiger partial charge in [0.2, 0.25) is 5.91 Å². The fraction of sp³-hybridized carbons (Fsp3) is 0.207. The SMILES string of the molecule is CCOC(=O)c1ccc2c(C(=Nc3ccc(N(C)C(=O)CN(C)C)c(F)c3)c3ccccc3)c(O)[nH]c2c1. The number of H-pyrrole nitrogens is 1. The number of aliphatic imine (C=N–C) groups is 1. The Hall–Kier alpha value is -4.50. The highest BCUT2D eigenvalue weighted by molar-refractivity contribution is 6.22. The zero-order valence-corrected chi connectivity index (χ0v) is 21.7. The second kappa shape index (κ2) is 11.3. The Kier molecular flexibility index (Phi) is 7.87. The lowest BCUT2D eigenvalue weighted by molar-refractivity contribution is -0.118. The van der Waals surface area contributed by atoms with Crippen LogP contribution in [-0.4, -0.2) is 66.9 Å². The molecular weight excluding hydrogens is 487 g/mol. The fourth-order valence-corrected chi connectivity index (χ4v) is 4.10. The maximum Gasteiger partial charge on any atom is 0.338 e. The molecule has 1 amide bonds. The van der Waals surface area contributed by atoms with Gasteiger partial charge in [0.25, 0.3) is 0 Å². The van der Waals surface area contributed by atoms with Crippen LogP contribution in [0.3, 0.4) is 0 Å². The molecule has 1 heterocycles. The number of anilines is 1. The molecule has 3 aromatic carbocycles. The molecule has 4 aromatic rings. The van der Waals surface area contributed by atoms with Crippen molar-refractivity contribution in [3.63, 3.8) is 0 Å². The van der Waals surface area contributed by atoms with Crippen molar-refractivity contribution in [2.75, 3.05) is 39.2 Å². The van der Waals surface area contributed by atoms with Crippen LogP contribution in [0.1, 0.15) is 28.4 Å². The maximum absolute atomic E-state index is 15.1. The first kappa shape index (κ1) is 26.6. The molecule has 9 heteroatoms. The second-order valence-electron chi connectivity index (χ2n) is 8.98. The Morgan fingerprint density at radius 3 is 2.39 bits per heavy atom. The smallest absolute Gasteiger partial charge is 0.338 e. The molecule has 0 radical (unpaired) electrons. The summed E-state index contributed by atoms with van der Waals surface area (Å²) in [6.07, 6.45) is 0. The van der Waals surface area contributed by atoms with Crippen LogP contribution >= 0.6 is 0 Å². The largest absolute Gasteiger partial charge is 0.494 e. The van der Waals surface area contributed by atoms with Crippen LogP contribution in [0.5, 0.6) is 5.88 Å². The molecule has 0 fully saturated rings. The van der Waals surface area contributed by atoms with Crippen molar-refractivity contribution in [1.29, 1.82) is 0 Å². The minimum absolute atomic E-state index is 0.137. The molecule has 0 saturated heterocycles. The first-order valence-corrected chi connectivity index (χ1v) is 12.1. The van der Waals surface area contributed by atoms with E-state index in [0.29, 0.717) is 39.0 Å². The van der Waals surface area contributed by atoms with Gasteiger partial charge in [-0.2, -0.15) is 0 Å². The highest BCUT2D eigenvalue weighted by Gasteiger charge is 2.21. The third-order valence-corrected chi connectivity index (χ3v) is 5.93. The first-order valence-electron chi connectivity index (χ1n) is 12.1. The van der Waals surface area contributed by atoms with E-state index in [9.17, 15) is 14.7 Å². The number of esters is 1. The molecule has 0 unspecified atom stereocenters. The Bertz CT molecular complexity index is 1510. The van der Waals surface area contributed by atoms with Crippen LogP contribution in [0.2, 0.25) is 0 Å². The molecule has 1 aromatic heterocycles. The van der Waals surface area contributed by atoms with Crippen LogP contribution < -0.4 is 4.90 Å². The van der Waals surface area contributed by atoms with Gasteiger partial charge < -0.3 is 24.6 Å². The van der Waals surface area contributed by atoms with E-state index in [4.69, 9.17) is 9.73 Å². The molecule has 38 heavy (non-hydrogen) atoms. The van der Waals surface area contributed by atoms with Crippen molar-refractivity contribution >= 4 is 39.9 Å². The summed E-state index contributed by atoms with van der Waals surface area (Å²) in [5.74, 6) is -1.46. The number of halogens is 1. The number of benzene rings is 3. The topological polar surface area (TPSA) is 98.2 Å². The molecule has 0 aliphatic heterocycles. The molecule has 0 spiro atoms. The van der Waals surface area contributed by atoms with Gasteiger partial charge in [-0.1, -0.05) is 36.4 Å². The van der Waals surface area contributed by atoms with E-state index in [-0.39, 0.29) is 30.6 Å². The van der Waals surface area contributed by atoms with E-state index in [1.807, 2.05) is 30.3 Å². The maximum atomic E-state index is 15.1. The number of rotatable bonds is 8. The summed E-state index contributed by atoms with van der Waals surface area (Å²) in [7, 11) is 5.06. The monoisotopic (exact) mass is 516 g/mol. The van der Waals surface area contributed by atoms with Crippen LogP contribution in [0.15, 0.2) is 71.7 Å². The van der Waals surface area contributed by atoms with Crippen molar-refractivity contribution in [1.82, 2.24) is 9.88 Å². The molecule has 0 saturated carbocycles. The predicted octanol–water partition coefficient (Wildman–Crippen LogP) is 4.88. The number of hydrogen-bond donors (Lipinski definition) is 2. The molecule has 0 aliphatic rings. The van der Waals surface area contributed by atoms with Crippen molar-refractivity contribution in [3.8, 4) is 5.88 Å². The van der Waals surface area contributed by atoms with E-state index in [2.05, 4.69) is 4.98 Å². The van der Waals surface area contributed by atoms with Gasteiger partial charge in [0.15, 0.2) is 5.88 Å². The van der Waals surface area contributed by atoms with Crippen molar-refractivity contribution in [2.45, 2.75) is 6.92 Å². The summed E-state index contributed by atoms with van der Waals surface area (Å²) in [6, 6.07) is 18.5. The molecule has 8 nitrogen and oxygen atoms in total. The van der Waals surface area contributed by atoms with Gasteiger partial charge in [-0.05, 0) is 45.3 Å². The standard InChI is InChI=1S/C29H29FN4O4/c1-5-38-29(37)19-11-13-21-23(15-19)32-28(36)26(21)27(18-9-7-6-8-10-18)31-20-12-14-24(22(30)16-20)34(4)25(35)17-33(2)3/h6-16,32,36H,5,17H2,1-4H3. The molecular formula is C29H29FN4O4. The average molecular weight is 517 g/mol. The van der Waals surface area contributed by atoms with E-state index in [0.717, 1.165) is 0 Å². The number of aromatic hydroxyl groups is 1. The average Bonchev–Trinajstić information content (AvgIpc) is 3.21. The lowest BCUT2D eigenvalue weighted by Crippen LogP contribution is -2.35. The highest BCUT2D eigenvalue weighted by Crippen LogP contribution is 2.33. The predicted molar refractivity (Wildman–Crippen MR) is 146 cm³/mol. The number of ether oxygens (including phenoxy) is 1. The van der Waals surface area contributed by atoms with E-state index < -0.39 is 11.8 Å². The van der Waals surface area contributed by atoms with Gasteiger partial charge in [0.1, 0.15) is 5.82 Å². The van der Waals surface area contributed by atoms with Gasteiger partial charge >= 0.3 is 5.97 Å². The summed E-state index contributed by atoms with van der Waals surface area (Å²) in [4.78, 5) is 35.2. The minimum atomic E-state index is -0.601. The highest BCUT2D eigenvalue weighted by atomic mass is 19.1. The molecule has 0 aliphatic carbocycles. The number of carbonyl (C=O) groups is 2. The molecule has 196 valence electrons. The molecule has 4 rings (SSSR count). The fourth-order valence-electron chi connectivity index (χ4n) is 4.10. The van der Waals surface area contributed by atoms with Crippen molar-refractivity contribution in [3.05, 3.63) is 89.2 Å². The molecule has 2 N–H and O–H groups in total. The quantitative estimate of drug-likeness (QED) is 0.257. The normalized spacial score (nSPS) is 11.7. The second-order valence-corrected chi connectivity index (χ2v) is 8.98. The van der Waals surface area contributed by atoms with Gasteiger partial charge in [0.05, 0.1) is 41.4 Å². The van der Waals surface area contributed by atoms with Gasteiger partial charge in [-0.3, -0.25) is 4.79 Å². The van der Waals surface area contributed by atoms with E-state index in [1.54, 1.807) is 50.2 Å². The Balaban J connectivity index is 1.80. The molecule has 0 atom stereocenters. The van der Waals surface area contributed by atoms with Crippen molar-refractivity contribution in [2.24, 2.45) is 4.99 Å². The van der Waals surface area contributed by atoms with Crippen LogP contribution in [0.25, 0.3) is 10.9 Å². The summed E-state index contributed by atoms with van der Waals surface area (Å²) in [5.41, 5.74) is 2.81. The zero-order valence-electron chi connectivity index (χ0n) is 21.7. The third kappa shape index (κ3) is 5.57. The number of nitrogens with one attached hydrogen (secondary N) is 1. The van der Waals surface area contributed by atoms with Crippen LogP contribution in [0.4, 0.5) is 15.8 Å². The summed E-state index contributed by atoms with van der Waals surface area (Å²) >= 11 is 0.